The van der Waals surface area contributed by atoms with E-state index in [9.17, 15) is 14.4 Å². The van der Waals surface area contributed by atoms with Crippen molar-refractivity contribution in [2.75, 3.05) is 73.1 Å². The molecule has 0 aliphatic carbocycles. The third-order valence-corrected chi connectivity index (χ3v) is 3.69. The van der Waals surface area contributed by atoms with E-state index in [4.69, 9.17) is 9.47 Å². The molecule has 0 aromatic rings. The second kappa shape index (κ2) is 10.3. The molecule has 1 aliphatic heterocycles. The quantitative estimate of drug-likeness (QED) is 0.431. The van der Waals surface area contributed by atoms with E-state index in [1.807, 2.05) is 14.7 Å². The molecule has 8 heteroatoms. The Morgan fingerprint density at radius 3 is 1.50 bits per heavy atom. The lowest BCUT2D eigenvalue weighted by atomic mass is 10.4. The molecular weight excluding hydrogens is 290 g/mol. The van der Waals surface area contributed by atoms with Gasteiger partial charge in [0.25, 0.3) is 0 Å². The Morgan fingerprint density at radius 1 is 0.818 bits per heavy atom. The summed E-state index contributed by atoms with van der Waals surface area (Å²) >= 11 is 0. The minimum absolute atomic E-state index is 0.206. The number of hydrogen-bond acceptors (Lipinski definition) is 8. The Morgan fingerprint density at radius 2 is 1.18 bits per heavy atom. The highest BCUT2D eigenvalue weighted by Gasteiger charge is 2.19. The molecule has 22 heavy (non-hydrogen) atoms. The Bertz CT molecular complexity index is 347. The number of ether oxygens (including phenoxy) is 2. The molecule has 0 radical (unpaired) electrons. The van der Waals surface area contributed by atoms with Crippen molar-refractivity contribution < 1.29 is 23.9 Å². The first-order valence-electron chi connectivity index (χ1n) is 7.33. The van der Waals surface area contributed by atoms with Crippen LogP contribution in [-0.4, -0.2) is 106 Å². The van der Waals surface area contributed by atoms with Crippen molar-refractivity contribution in [2.24, 2.45) is 0 Å². The molecule has 0 unspecified atom stereocenters. The fourth-order valence-corrected chi connectivity index (χ4v) is 2.28. The first-order chi connectivity index (χ1) is 10.6. The normalized spacial score (nSPS) is 18.8. The van der Waals surface area contributed by atoms with E-state index in [2.05, 4.69) is 0 Å². The lowest BCUT2D eigenvalue weighted by Crippen LogP contribution is -2.40. The number of esters is 2. The number of aldehydes is 1. The predicted molar refractivity (Wildman–Crippen MR) is 79.4 cm³/mol. The lowest BCUT2D eigenvalue weighted by Gasteiger charge is -2.24. The molecule has 1 aliphatic rings. The molecule has 0 saturated carbocycles. The topological polar surface area (TPSA) is 79.4 Å². The summed E-state index contributed by atoms with van der Waals surface area (Å²) in [6.45, 7) is 4.81. The zero-order valence-corrected chi connectivity index (χ0v) is 13.3. The monoisotopic (exact) mass is 315 g/mol. The molecule has 0 atom stereocenters. The van der Waals surface area contributed by atoms with Crippen molar-refractivity contribution in [2.45, 2.75) is 0 Å². The second-order valence-corrected chi connectivity index (χ2v) is 5.17. The van der Waals surface area contributed by atoms with E-state index in [-0.39, 0.29) is 25.0 Å². The standard InChI is InChI=1S/C14H25N3O5/c1-21-13(19)11-16-5-3-15(9-10-18)4-6-17(8-7-16)12-14(20)22-2/h10H,3-9,11-12H2,1-2H3. The second-order valence-electron chi connectivity index (χ2n) is 5.17. The van der Waals surface area contributed by atoms with Gasteiger partial charge in [0.1, 0.15) is 6.29 Å². The highest BCUT2D eigenvalue weighted by atomic mass is 16.5. The third kappa shape index (κ3) is 6.97. The number of carbonyl (C=O) groups is 3. The summed E-state index contributed by atoms with van der Waals surface area (Å²) in [5.41, 5.74) is 0. The molecule has 8 nitrogen and oxygen atoms in total. The molecule has 0 bridgehead atoms. The van der Waals surface area contributed by atoms with Crippen molar-refractivity contribution in [1.82, 2.24) is 14.7 Å². The van der Waals surface area contributed by atoms with Crippen LogP contribution in [0.5, 0.6) is 0 Å². The number of nitrogens with zero attached hydrogens (tertiary/aromatic N) is 3. The Labute approximate surface area is 130 Å². The van der Waals surface area contributed by atoms with Crippen LogP contribution in [0.1, 0.15) is 0 Å². The molecule has 1 heterocycles. The van der Waals surface area contributed by atoms with Gasteiger partial charge in [-0.15, -0.1) is 0 Å². The lowest BCUT2D eigenvalue weighted by molar-refractivity contribution is -0.143. The summed E-state index contributed by atoms with van der Waals surface area (Å²) in [5, 5.41) is 0. The van der Waals surface area contributed by atoms with Gasteiger partial charge >= 0.3 is 11.9 Å². The number of carbonyl (C=O) groups excluding carboxylic acids is 3. The van der Waals surface area contributed by atoms with Crippen molar-refractivity contribution >= 4 is 18.2 Å². The molecule has 0 spiro atoms. The van der Waals surface area contributed by atoms with Crippen LogP contribution < -0.4 is 0 Å². The zero-order chi connectivity index (χ0) is 16.4. The Balaban J connectivity index is 2.66. The van der Waals surface area contributed by atoms with E-state index < -0.39 is 0 Å². The van der Waals surface area contributed by atoms with Crippen molar-refractivity contribution in [3.05, 3.63) is 0 Å². The summed E-state index contributed by atoms with van der Waals surface area (Å²) in [5.74, 6) is -0.582. The SMILES string of the molecule is COC(=O)CN1CCN(CC=O)CCN(CC(=O)OC)CC1. The molecule has 1 fully saturated rings. The van der Waals surface area contributed by atoms with Crippen LogP contribution in [0.4, 0.5) is 0 Å². The van der Waals surface area contributed by atoms with Crippen LogP contribution in [0.25, 0.3) is 0 Å². The molecule has 1 rings (SSSR count). The summed E-state index contributed by atoms with van der Waals surface area (Å²) in [4.78, 5) is 39.6. The minimum atomic E-state index is -0.291. The maximum Gasteiger partial charge on any atom is 0.319 e. The average molecular weight is 315 g/mol. The van der Waals surface area contributed by atoms with Crippen LogP contribution in [0.2, 0.25) is 0 Å². The van der Waals surface area contributed by atoms with Crippen LogP contribution in [0, 0.1) is 0 Å². The van der Waals surface area contributed by atoms with E-state index in [1.54, 1.807) is 0 Å². The van der Waals surface area contributed by atoms with E-state index in [0.717, 1.165) is 6.29 Å². The number of rotatable bonds is 6. The van der Waals surface area contributed by atoms with Crippen LogP contribution >= 0.6 is 0 Å². The first-order valence-corrected chi connectivity index (χ1v) is 7.33. The third-order valence-electron chi connectivity index (χ3n) is 3.69. The zero-order valence-electron chi connectivity index (χ0n) is 13.3. The average Bonchev–Trinajstić information content (AvgIpc) is 2.60. The van der Waals surface area contributed by atoms with Gasteiger partial charge < -0.3 is 14.3 Å². The van der Waals surface area contributed by atoms with Crippen molar-refractivity contribution in [3.8, 4) is 0 Å². The maximum absolute atomic E-state index is 11.5. The molecule has 0 N–H and O–H groups in total. The highest BCUT2D eigenvalue weighted by Crippen LogP contribution is 2.01. The van der Waals surface area contributed by atoms with Gasteiger partial charge in [-0.2, -0.15) is 0 Å². The van der Waals surface area contributed by atoms with Crippen LogP contribution in [0.15, 0.2) is 0 Å². The van der Waals surface area contributed by atoms with Gasteiger partial charge in [0.15, 0.2) is 0 Å². The van der Waals surface area contributed by atoms with E-state index in [1.165, 1.54) is 14.2 Å². The summed E-state index contributed by atoms with van der Waals surface area (Å²) < 4.78 is 9.40. The number of hydrogen-bond donors (Lipinski definition) is 0. The van der Waals surface area contributed by atoms with Gasteiger partial charge in [-0.1, -0.05) is 0 Å². The summed E-state index contributed by atoms with van der Waals surface area (Å²) in [6.07, 6.45) is 0.868. The smallest absolute Gasteiger partial charge is 0.319 e. The molecule has 0 amide bonds. The largest absolute Gasteiger partial charge is 0.468 e. The summed E-state index contributed by atoms with van der Waals surface area (Å²) in [7, 11) is 2.72. The predicted octanol–water partition coefficient (Wildman–Crippen LogP) is -1.55. The molecular formula is C14H25N3O5. The van der Waals surface area contributed by atoms with Gasteiger partial charge in [-0.05, 0) is 0 Å². The van der Waals surface area contributed by atoms with Gasteiger partial charge in [-0.25, -0.2) is 0 Å². The van der Waals surface area contributed by atoms with Crippen molar-refractivity contribution in [1.29, 1.82) is 0 Å². The molecule has 126 valence electrons. The molecule has 0 aromatic heterocycles. The van der Waals surface area contributed by atoms with Gasteiger partial charge in [0.05, 0.1) is 33.9 Å². The Kier molecular flexibility index (Phi) is 8.64. The van der Waals surface area contributed by atoms with Crippen LogP contribution in [-0.2, 0) is 23.9 Å². The van der Waals surface area contributed by atoms with Gasteiger partial charge in [0, 0.05) is 39.3 Å². The minimum Gasteiger partial charge on any atom is -0.468 e. The molecule has 0 aromatic carbocycles. The first kappa shape index (κ1) is 18.5. The Hall–Kier alpha value is -1.51. The highest BCUT2D eigenvalue weighted by molar-refractivity contribution is 5.71. The maximum atomic E-state index is 11.5. The fraction of sp³-hybridized carbons (Fsp3) is 0.786. The van der Waals surface area contributed by atoms with E-state index in [0.29, 0.717) is 45.8 Å². The number of methoxy groups -OCH3 is 2. The van der Waals surface area contributed by atoms with Gasteiger partial charge in [0.2, 0.25) is 0 Å². The fourth-order valence-electron chi connectivity index (χ4n) is 2.28. The summed E-state index contributed by atoms with van der Waals surface area (Å²) in [6, 6.07) is 0. The van der Waals surface area contributed by atoms with Crippen LogP contribution in [0.3, 0.4) is 0 Å². The van der Waals surface area contributed by atoms with Gasteiger partial charge in [-0.3, -0.25) is 24.3 Å². The van der Waals surface area contributed by atoms with Crippen molar-refractivity contribution in [3.63, 3.8) is 0 Å². The van der Waals surface area contributed by atoms with E-state index >= 15 is 0 Å². The molecule has 1 saturated heterocycles.